The van der Waals surface area contributed by atoms with Crippen LogP contribution in [0.5, 0.6) is 11.5 Å². The molecule has 1 aromatic carbocycles. The molecule has 20 heavy (non-hydrogen) atoms. The van der Waals surface area contributed by atoms with E-state index in [0.717, 1.165) is 57.1 Å². The Balaban J connectivity index is 1.93. The first kappa shape index (κ1) is 15.1. The summed E-state index contributed by atoms with van der Waals surface area (Å²) in [6.45, 7) is 5.23. The van der Waals surface area contributed by atoms with Crippen LogP contribution < -0.4 is 14.8 Å². The molecule has 0 bridgehead atoms. The van der Waals surface area contributed by atoms with Gasteiger partial charge < -0.3 is 19.5 Å². The summed E-state index contributed by atoms with van der Waals surface area (Å²) in [4.78, 5) is 0. The van der Waals surface area contributed by atoms with Gasteiger partial charge in [0.2, 0.25) is 0 Å². The monoisotopic (exact) mass is 279 g/mol. The van der Waals surface area contributed by atoms with Gasteiger partial charge in [0.15, 0.2) is 11.5 Å². The lowest BCUT2D eigenvalue weighted by atomic mass is 10.1. The summed E-state index contributed by atoms with van der Waals surface area (Å²) in [5.41, 5.74) is 1.21. The van der Waals surface area contributed by atoms with Crippen molar-refractivity contribution >= 4 is 0 Å². The second-order valence-corrected chi connectivity index (χ2v) is 5.15. The summed E-state index contributed by atoms with van der Waals surface area (Å²) in [5.74, 6) is 1.72. The topological polar surface area (TPSA) is 39.7 Å². The van der Waals surface area contributed by atoms with Gasteiger partial charge in [-0.3, -0.25) is 0 Å². The average molecular weight is 279 g/mol. The maximum Gasteiger partial charge on any atom is 0.161 e. The van der Waals surface area contributed by atoms with Gasteiger partial charge in [-0.05, 0) is 24.1 Å². The molecule has 1 heterocycles. The summed E-state index contributed by atoms with van der Waals surface area (Å²) in [6.07, 6.45) is 3.22. The molecule has 1 N–H and O–H groups in total. The molecular formula is C16H25NO3. The SMILES string of the molecule is CCCC(COC)NCc1ccc2c(c1)OCCCO2. The van der Waals surface area contributed by atoms with E-state index in [1.165, 1.54) is 5.56 Å². The molecule has 1 atom stereocenters. The van der Waals surface area contributed by atoms with Crippen molar-refractivity contribution in [3.8, 4) is 11.5 Å². The highest BCUT2D eigenvalue weighted by atomic mass is 16.5. The van der Waals surface area contributed by atoms with Gasteiger partial charge in [0, 0.05) is 26.1 Å². The fourth-order valence-electron chi connectivity index (χ4n) is 2.37. The van der Waals surface area contributed by atoms with Crippen LogP contribution >= 0.6 is 0 Å². The second-order valence-electron chi connectivity index (χ2n) is 5.15. The molecule has 0 aliphatic carbocycles. The van der Waals surface area contributed by atoms with Crippen LogP contribution in [0.1, 0.15) is 31.7 Å². The second kappa shape index (κ2) is 8.12. The standard InChI is InChI=1S/C16H25NO3/c1-3-5-14(12-18-2)17-11-13-6-7-15-16(10-13)20-9-4-8-19-15/h6-7,10,14,17H,3-5,8-9,11-12H2,1-2H3. The van der Waals surface area contributed by atoms with E-state index in [1.54, 1.807) is 7.11 Å². The van der Waals surface area contributed by atoms with E-state index >= 15 is 0 Å². The summed E-state index contributed by atoms with van der Waals surface area (Å²) in [5, 5.41) is 3.54. The summed E-state index contributed by atoms with van der Waals surface area (Å²) >= 11 is 0. The summed E-state index contributed by atoms with van der Waals surface area (Å²) in [6, 6.07) is 6.57. The fraction of sp³-hybridized carbons (Fsp3) is 0.625. The number of fused-ring (bicyclic) bond motifs is 1. The minimum Gasteiger partial charge on any atom is -0.490 e. The number of hydrogen-bond donors (Lipinski definition) is 1. The smallest absolute Gasteiger partial charge is 0.161 e. The van der Waals surface area contributed by atoms with Crippen LogP contribution in [0.4, 0.5) is 0 Å². The average Bonchev–Trinajstić information content (AvgIpc) is 2.70. The van der Waals surface area contributed by atoms with E-state index in [9.17, 15) is 0 Å². The Bertz CT molecular complexity index is 403. The van der Waals surface area contributed by atoms with Crippen molar-refractivity contribution in [1.82, 2.24) is 5.32 Å². The van der Waals surface area contributed by atoms with Crippen LogP contribution in [0.3, 0.4) is 0 Å². The number of rotatable bonds is 7. The van der Waals surface area contributed by atoms with Crippen molar-refractivity contribution in [1.29, 1.82) is 0 Å². The highest BCUT2D eigenvalue weighted by Crippen LogP contribution is 2.30. The molecule has 1 aromatic rings. The van der Waals surface area contributed by atoms with Crippen molar-refractivity contribution in [2.45, 2.75) is 38.8 Å². The van der Waals surface area contributed by atoms with Crippen LogP contribution in [-0.4, -0.2) is 33.0 Å². The zero-order chi connectivity index (χ0) is 14.2. The van der Waals surface area contributed by atoms with Crippen LogP contribution in [0.25, 0.3) is 0 Å². The third kappa shape index (κ3) is 4.39. The predicted molar refractivity (Wildman–Crippen MR) is 79.5 cm³/mol. The predicted octanol–water partition coefficient (Wildman–Crippen LogP) is 2.75. The van der Waals surface area contributed by atoms with Gasteiger partial charge in [0.1, 0.15) is 0 Å². The Labute approximate surface area is 121 Å². The maximum absolute atomic E-state index is 5.71. The van der Waals surface area contributed by atoms with Crippen molar-refractivity contribution in [2.75, 3.05) is 26.9 Å². The van der Waals surface area contributed by atoms with E-state index in [2.05, 4.69) is 24.4 Å². The first-order chi connectivity index (χ1) is 9.83. The zero-order valence-corrected chi connectivity index (χ0v) is 12.5. The first-order valence-corrected chi connectivity index (χ1v) is 7.44. The van der Waals surface area contributed by atoms with Crippen molar-refractivity contribution in [3.63, 3.8) is 0 Å². The van der Waals surface area contributed by atoms with Crippen LogP contribution in [0, 0.1) is 0 Å². The first-order valence-electron chi connectivity index (χ1n) is 7.44. The molecule has 0 spiro atoms. The van der Waals surface area contributed by atoms with Crippen molar-refractivity contribution in [2.24, 2.45) is 0 Å². The molecule has 112 valence electrons. The van der Waals surface area contributed by atoms with Gasteiger partial charge in [-0.15, -0.1) is 0 Å². The molecule has 4 nitrogen and oxygen atoms in total. The third-order valence-electron chi connectivity index (χ3n) is 3.41. The number of ether oxygens (including phenoxy) is 3. The molecule has 1 unspecified atom stereocenters. The molecule has 0 fully saturated rings. The van der Waals surface area contributed by atoms with Crippen molar-refractivity contribution < 1.29 is 14.2 Å². The van der Waals surface area contributed by atoms with Gasteiger partial charge in [-0.25, -0.2) is 0 Å². The fourth-order valence-corrected chi connectivity index (χ4v) is 2.37. The molecule has 0 amide bonds. The molecule has 2 rings (SSSR count). The van der Waals surface area contributed by atoms with Crippen LogP contribution in [0.15, 0.2) is 18.2 Å². The Kier molecular flexibility index (Phi) is 6.15. The summed E-state index contributed by atoms with van der Waals surface area (Å²) in [7, 11) is 1.75. The Morgan fingerprint density at radius 1 is 1.25 bits per heavy atom. The molecular weight excluding hydrogens is 254 g/mol. The van der Waals surface area contributed by atoms with E-state index in [0.29, 0.717) is 6.04 Å². The quantitative estimate of drug-likeness (QED) is 0.833. The van der Waals surface area contributed by atoms with Crippen molar-refractivity contribution in [3.05, 3.63) is 23.8 Å². The van der Waals surface area contributed by atoms with Crippen LogP contribution in [-0.2, 0) is 11.3 Å². The summed E-state index contributed by atoms with van der Waals surface area (Å²) < 4.78 is 16.6. The Morgan fingerprint density at radius 3 is 2.80 bits per heavy atom. The lowest BCUT2D eigenvalue weighted by Crippen LogP contribution is -2.32. The molecule has 1 aliphatic rings. The van der Waals surface area contributed by atoms with Crippen LogP contribution in [0.2, 0.25) is 0 Å². The minimum absolute atomic E-state index is 0.404. The van der Waals surface area contributed by atoms with Gasteiger partial charge in [0.05, 0.1) is 19.8 Å². The number of benzene rings is 1. The third-order valence-corrected chi connectivity index (χ3v) is 3.41. The van der Waals surface area contributed by atoms with Gasteiger partial charge >= 0.3 is 0 Å². The molecule has 1 aliphatic heterocycles. The Morgan fingerprint density at radius 2 is 2.05 bits per heavy atom. The van der Waals surface area contributed by atoms with Gasteiger partial charge in [-0.1, -0.05) is 19.4 Å². The van der Waals surface area contributed by atoms with E-state index in [-0.39, 0.29) is 0 Å². The molecule has 0 saturated heterocycles. The lowest BCUT2D eigenvalue weighted by molar-refractivity contribution is 0.161. The number of methoxy groups -OCH3 is 1. The number of hydrogen-bond acceptors (Lipinski definition) is 4. The largest absolute Gasteiger partial charge is 0.490 e. The highest BCUT2D eigenvalue weighted by molar-refractivity contribution is 5.43. The molecule has 4 heteroatoms. The zero-order valence-electron chi connectivity index (χ0n) is 12.5. The Hall–Kier alpha value is -1.26. The highest BCUT2D eigenvalue weighted by Gasteiger charge is 2.11. The van der Waals surface area contributed by atoms with Gasteiger partial charge in [0.25, 0.3) is 0 Å². The van der Waals surface area contributed by atoms with E-state index in [1.807, 2.05) is 6.07 Å². The maximum atomic E-state index is 5.71. The molecule has 0 aromatic heterocycles. The van der Waals surface area contributed by atoms with Gasteiger partial charge in [-0.2, -0.15) is 0 Å². The normalized spacial score (nSPS) is 15.7. The van der Waals surface area contributed by atoms with E-state index < -0.39 is 0 Å². The minimum atomic E-state index is 0.404. The van der Waals surface area contributed by atoms with E-state index in [4.69, 9.17) is 14.2 Å². The molecule has 0 radical (unpaired) electrons. The molecule has 0 saturated carbocycles. The lowest BCUT2D eigenvalue weighted by Gasteiger charge is -2.17. The number of nitrogens with one attached hydrogen (secondary N) is 1.